The van der Waals surface area contributed by atoms with Gasteiger partial charge in [-0.3, -0.25) is 4.99 Å². The standard InChI is InChI=1S/C12H22N4O2S.HI/c1-3-13-12(15-7-11-19(2,17)18)14-6-10-16-8-4-5-9-16;/h4-5,8-9H,3,6-7,10-11H2,1-2H3,(H2,13,14,15);1H. The zero-order chi connectivity index (χ0) is 14.1. The van der Waals surface area contributed by atoms with Crippen LogP contribution in [0.5, 0.6) is 0 Å². The molecule has 1 rings (SSSR count). The topological polar surface area (TPSA) is 75.5 Å². The Labute approximate surface area is 138 Å². The van der Waals surface area contributed by atoms with Crippen molar-refractivity contribution in [2.75, 3.05) is 31.6 Å². The number of sulfone groups is 1. The molecule has 0 atom stereocenters. The molecule has 6 nitrogen and oxygen atoms in total. The number of nitrogens with one attached hydrogen (secondary N) is 2. The SMILES string of the molecule is CCNC(=NCCS(C)(=O)=O)NCCn1cccc1.I. The van der Waals surface area contributed by atoms with Crippen molar-refractivity contribution in [3.05, 3.63) is 24.5 Å². The second-order valence-electron chi connectivity index (χ2n) is 4.24. The number of aromatic nitrogens is 1. The van der Waals surface area contributed by atoms with Crippen molar-refractivity contribution in [3.63, 3.8) is 0 Å². The molecule has 0 aliphatic heterocycles. The zero-order valence-electron chi connectivity index (χ0n) is 11.9. The van der Waals surface area contributed by atoms with Crippen LogP contribution >= 0.6 is 24.0 Å². The highest BCUT2D eigenvalue weighted by molar-refractivity contribution is 14.0. The van der Waals surface area contributed by atoms with Crippen LogP contribution in [-0.2, 0) is 16.4 Å². The Hall–Kier alpha value is -0.770. The van der Waals surface area contributed by atoms with Crippen molar-refractivity contribution in [3.8, 4) is 0 Å². The molecule has 0 radical (unpaired) electrons. The molecule has 0 aromatic carbocycles. The first-order valence-electron chi connectivity index (χ1n) is 6.32. The van der Waals surface area contributed by atoms with Gasteiger partial charge in [0.2, 0.25) is 0 Å². The number of guanidine groups is 1. The summed E-state index contributed by atoms with van der Waals surface area (Å²) >= 11 is 0. The molecule has 0 aliphatic carbocycles. The minimum Gasteiger partial charge on any atom is -0.357 e. The van der Waals surface area contributed by atoms with Crippen molar-refractivity contribution in [2.45, 2.75) is 13.5 Å². The highest BCUT2D eigenvalue weighted by Gasteiger charge is 2.01. The normalized spacial score (nSPS) is 11.8. The van der Waals surface area contributed by atoms with Gasteiger partial charge >= 0.3 is 0 Å². The summed E-state index contributed by atoms with van der Waals surface area (Å²) in [7, 11) is -2.96. The molecule has 1 heterocycles. The van der Waals surface area contributed by atoms with E-state index in [-0.39, 0.29) is 36.3 Å². The summed E-state index contributed by atoms with van der Waals surface area (Å²) in [5.41, 5.74) is 0. The summed E-state index contributed by atoms with van der Waals surface area (Å²) in [6.07, 6.45) is 5.21. The van der Waals surface area contributed by atoms with Gasteiger partial charge in [0, 0.05) is 38.3 Å². The molecule has 0 amide bonds. The molecule has 0 bridgehead atoms. The lowest BCUT2D eigenvalue weighted by atomic mass is 10.6. The van der Waals surface area contributed by atoms with E-state index in [1.165, 1.54) is 6.26 Å². The fraction of sp³-hybridized carbons (Fsp3) is 0.583. The van der Waals surface area contributed by atoms with Gasteiger partial charge in [0.15, 0.2) is 5.96 Å². The van der Waals surface area contributed by atoms with Gasteiger partial charge in [-0.2, -0.15) is 0 Å². The fourth-order valence-electron chi connectivity index (χ4n) is 1.49. The number of halogens is 1. The maximum absolute atomic E-state index is 11.0. The Morgan fingerprint density at radius 3 is 2.45 bits per heavy atom. The van der Waals surface area contributed by atoms with Gasteiger partial charge in [0.25, 0.3) is 0 Å². The van der Waals surface area contributed by atoms with Gasteiger partial charge < -0.3 is 15.2 Å². The quantitative estimate of drug-likeness (QED) is 0.392. The van der Waals surface area contributed by atoms with E-state index in [0.717, 1.165) is 19.6 Å². The summed E-state index contributed by atoms with van der Waals surface area (Å²) in [6, 6.07) is 3.96. The van der Waals surface area contributed by atoms with Crippen molar-refractivity contribution in [2.24, 2.45) is 4.99 Å². The zero-order valence-corrected chi connectivity index (χ0v) is 15.0. The van der Waals surface area contributed by atoms with Gasteiger partial charge in [-0.15, -0.1) is 24.0 Å². The number of hydrogen-bond acceptors (Lipinski definition) is 3. The number of nitrogens with zero attached hydrogens (tertiary/aromatic N) is 2. The first kappa shape index (κ1) is 19.2. The van der Waals surface area contributed by atoms with Crippen LogP contribution in [0.2, 0.25) is 0 Å². The summed E-state index contributed by atoms with van der Waals surface area (Å²) in [4.78, 5) is 4.22. The molecule has 0 fully saturated rings. The molecule has 0 unspecified atom stereocenters. The van der Waals surface area contributed by atoms with Crippen molar-refractivity contribution in [1.82, 2.24) is 15.2 Å². The summed E-state index contributed by atoms with van der Waals surface area (Å²) in [6.45, 7) is 4.56. The minimum absolute atomic E-state index is 0. The lowest BCUT2D eigenvalue weighted by molar-refractivity contribution is 0.601. The van der Waals surface area contributed by atoms with Gasteiger partial charge in [-0.1, -0.05) is 0 Å². The Morgan fingerprint density at radius 1 is 1.25 bits per heavy atom. The molecule has 0 spiro atoms. The Bertz CT molecular complexity index is 486. The third-order valence-electron chi connectivity index (χ3n) is 2.40. The highest BCUT2D eigenvalue weighted by atomic mass is 127. The lowest BCUT2D eigenvalue weighted by Crippen LogP contribution is -2.39. The summed E-state index contributed by atoms with van der Waals surface area (Å²) < 4.78 is 24.1. The molecule has 2 N–H and O–H groups in total. The predicted molar refractivity (Wildman–Crippen MR) is 93.5 cm³/mol. The van der Waals surface area contributed by atoms with E-state index >= 15 is 0 Å². The van der Waals surface area contributed by atoms with Crippen LogP contribution in [0, 0.1) is 0 Å². The van der Waals surface area contributed by atoms with Crippen LogP contribution < -0.4 is 10.6 Å². The number of aliphatic imine (C=N–C) groups is 1. The molecular weight excluding hydrogens is 391 g/mol. The fourth-order valence-corrected chi connectivity index (χ4v) is 1.91. The van der Waals surface area contributed by atoms with Gasteiger partial charge in [0.05, 0.1) is 12.3 Å². The Balaban J connectivity index is 0.00000361. The smallest absolute Gasteiger partial charge is 0.191 e. The third kappa shape index (κ3) is 9.18. The van der Waals surface area contributed by atoms with E-state index in [9.17, 15) is 8.42 Å². The average Bonchev–Trinajstić information content (AvgIpc) is 2.80. The first-order valence-corrected chi connectivity index (χ1v) is 8.38. The van der Waals surface area contributed by atoms with E-state index in [4.69, 9.17) is 0 Å². The summed E-state index contributed by atoms with van der Waals surface area (Å²) in [5, 5.41) is 6.25. The van der Waals surface area contributed by atoms with Crippen LogP contribution in [0.25, 0.3) is 0 Å². The molecule has 1 aromatic heterocycles. The molecule has 8 heteroatoms. The van der Waals surface area contributed by atoms with Crippen LogP contribution in [0.15, 0.2) is 29.5 Å². The lowest BCUT2D eigenvalue weighted by Gasteiger charge is -2.11. The van der Waals surface area contributed by atoms with Crippen molar-refractivity contribution >= 4 is 39.8 Å². The van der Waals surface area contributed by atoms with E-state index in [1.807, 2.05) is 31.5 Å². The maximum Gasteiger partial charge on any atom is 0.191 e. The average molecular weight is 414 g/mol. The first-order chi connectivity index (χ1) is 9.01. The molecule has 116 valence electrons. The van der Waals surface area contributed by atoms with Crippen molar-refractivity contribution in [1.29, 1.82) is 0 Å². The monoisotopic (exact) mass is 414 g/mol. The molecule has 1 aromatic rings. The van der Waals surface area contributed by atoms with Gasteiger partial charge in [0.1, 0.15) is 9.84 Å². The Kier molecular flexibility index (Phi) is 9.64. The van der Waals surface area contributed by atoms with Gasteiger partial charge in [-0.25, -0.2) is 8.42 Å². The molecule has 0 saturated heterocycles. The van der Waals surface area contributed by atoms with Gasteiger partial charge in [-0.05, 0) is 19.1 Å². The highest BCUT2D eigenvalue weighted by Crippen LogP contribution is 1.88. The molecular formula is C12H23IN4O2S. The predicted octanol–water partition coefficient (Wildman–Crippen LogP) is 0.706. The molecule has 20 heavy (non-hydrogen) atoms. The second kappa shape index (κ2) is 10.0. The van der Waals surface area contributed by atoms with E-state index in [0.29, 0.717) is 5.96 Å². The molecule has 0 aliphatic rings. The van der Waals surface area contributed by atoms with Crippen LogP contribution in [-0.4, -0.2) is 50.6 Å². The number of hydrogen-bond donors (Lipinski definition) is 2. The molecule has 0 saturated carbocycles. The Morgan fingerprint density at radius 2 is 1.90 bits per heavy atom. The van der Waals surface area contributed by atoms with Crippen molar-refractivity contribution < 1.29 is 8.42 Å². The maximum atomic E-state index is 11.0. The van der Waals surface area contributed by atoms with Crippen LogP contribution in [0.3, 0.4) is 0 Å². The largest absolute Gasteiger partial charge is 0.357 e. The van der Waals surface area contributed by atoms with E-state index < -0.39 is 9.84 Å². The second-order valence-corrected chi connectivity index (χ2v) is 6.50. The van der Waals surface area contributed by atoms with Crippen LogP contribution in [0.4, 0.5) is 0 Å². The minimum atomic E-state index is -2.96. The van der Waals surface area contributed by atoms with E-state index in [2.05, 4.69) is 20.2 Å². The summed E-state index contributed by atoms with van der Waals surface area (Å²) in [5.74, 6) is 0.722. The van der Waals surface area contributed by atoms with E-state index in [1.54, 1.807) is 0 Å². The number of rotatable bonds is 7. The van der Waals surface area contributed by atoms with Crippen LogP contribution in [0.1, 0.15) is 6.92 Å². The third-order valence-corrected chi connectivity index (χ3v) is 3.33.